The van der Waals surface area contributed by atoms with Crippen molar-refractivity contribution in [2.75, 3.05) is 0 Å². The third-order valence-electron chi connectivity index (χ3n) is 1.85. The van der Waals surface area contributed by atoms with Crippen LogP contribution in [0, 0.1) is 0 Å². The van der Waals surface area contributed by atoms with Crippen molar-refractivity contribution in [2.24, 2.45) is 11.5 Å². The van der Waals surface area contributed by atoms with Crippen molar-refractivity contribution in [3.63, 3.8) is 0 Å². The Balaban J connectivity index is 2.35. The van der Waals surface area contributed by atoms with Gasteiger partial charge in [0.25, 0.3) is 0 Å². The van der Waals surface area contributed by atoms with E-state index >= 15 is 0 Å². The van der Waals surface area contributed by atoms with Crippen molar-refractivity contribution in [3.05, 3.63) is 0 Å². The second kappa shape index (κ2) is 2.45. The summed E-state index contributed by atoms with van der Waals surface area (Å²) in [5.74, 6) is 0. The first kappa shape index (κ1) is 7.32. The van der Waals surface area contributed by atoms with Gasteiger partial charge in [-0.15, -0.1) is 11.6 Å². The predicted molar refractivity (Wildman–Crippen MR) is 39.2 cm³/mol. The van der Waals surface area contributed by atoms with Crippen LogP contribution in [0.25, 0.3) is 0 Å². The van der Waals surface area contributed by atoms with E-state index in [1.165, 1.54) is 0 Å². The average molecular weight is 149 g/mol. The number of halogens is 1. The summed E-state index contributed by atoms with van der Waals surface area (Å²) in [7, 11) is 0. The number of rotatable bonds is 0. The summed E-state index contributed by atoms with van der Waals surface area (Å²) in [5, 5.41) is 0.310. The molecule has 0 aliphatic heterocycles. The minimum Gasteiger partial charge on any atom is -0.313 e. The van der Waals surface area contributed by atoms with Crippen LogP contribution in [0.2, 0.25) is 0 Å². The lowest BCUT2D eigenvalue weighted by atomic mass is 9.90. The predicted octanol–water partition coefficient (Wildman–Crippen LogP) is 0.781. The molecule has 0 spiro atoms. The number of hydrogen-bond donors (Lipinski definition) is 2. The van der Waals surface area contributed by atoms with Gasteiger partial charge in [0.1, 0.15) is 0 Å². The fourth-order valence-corrected chi connectivity index (χ4v) is 1.34. The zero-order valence-corrected chi connectivity index (χ0v) is 6.19. The fourth-order valence-electron chi connectivity index (χ4n) is 1.12. The standard InChI is InChI=1S/C6H13ClN2/c7-5-1-3-6(8,9)4-2-5/h5H,1-4,8-9H2. The van der Waals surface area contributed by atoms with E-state index in [0.29, 0.717) is 5.38 Å². The Hall–Kier alpha value is 0.210. The third-order valence-corrected chi connectivity index (χ3v) is 2.28. The largest absolute Gasteiger partial charge is 0.313 e. The summed E-state index contributed by atoms with van der Waals surface area (Å²) in [6.07, 6.45) is 3.66. The minimum atomic E-state index is -0.425. The van der Waals surface area contributed by atoms with Crippen molar-refractivity contribution in [1.29, 1.82) is 0 Å². The van der Waals surface area contributed by atoms with E-state index in [1.807, 2.05) is 0 Å². The molecule has 0 unspecified atom stereocenters. The fraction of sp³-hybridized carbons (Fsp3) is 1.00. The maximum absolute atomic E-state index is 5.83. The van der Waals surface area contributed by atoms with Crippen LogP contribution in [0.1, 0.15) is 25.7 Å². The summed E-state index contributed by atoms with van der Waals surface area (Å²) < 4.78 is 0. The molecule has 2 nitrogen and oxygen atoms in total. The van der Waals surface area contributed by atoms with E-state index in [-0.39, 0.29) is 0 Å². The van der Waals surface area contributed by atoms with Gasteiger partial charge in [0, 0.05) is 5.38 Å². The monoisotopic (exact) mass is 148 g/mol. The molecule has 0 aromatic heterocycles. The molecule has 1 rings (SSSR count). The molecule has 0 amide bonds. The number of hydrogen-bond acceptors (Lipinski definition) is 2. The van der Waals surface area contributed by atoms with Crippen LogP contribution in [0.15, 0.2) is 0 Å². The third kappa shape index (κ3) is 2.12. The van der Waals surface area contributed by atoms with Crippen LogP contribution in [0.4, 0.5) is 0 Å². The van der Waals surface area contributed by atoms with Crippen LogP contribution >= 0.6 is 11.6 Å². The van der Waals surface area contributed by atoms with Gasteiger partial charge in [-0.1, -0.05) is 0 Å². The lowest BCUT2D eigenvalue weighted by Gasteiger charge is -2.31. The van der Waals surface area contributed by atoms with Crippen LogP contribution in [-0.2, 0) is 0 Å². The summed E-state index contributed by atoms with van der Waals surface area (Å²) in [6.45, 7) is 0. The number of alkyl halides is 1. The molecule has 54 valence electrons. The van der Waals surface area contributed by atoms with Crippen molar-refractivity contribution >= 4 is 11.6 Å². The molecule has 1 aliphatic carbocycles. The lowest BCUT2D eigenvalue weighted by molar-refractivity contribution is 0.309. The molecule has 1 aliphatic rings. The molecule has 1 saturated carbocycles. The summed E-state index contributed by atoms with van der Waals surface area (Å²) in [4.78, 5) is 0. The van der Waals surface area contributed by atoms with Crippen molar-refractivity contribution in [3.8, 4) is 0 Å². The molecule has 3 heteroatoms. The van der Waals surface area contributed by atoms with Gasteiger partial charge in [-0.2, -0.15) is 0 Å². The summed E-state index contributed by atoms with van der Waals surface area (Å²) in [5.41, 5.74) is 10.9. The van der Waals surface area contributed by atoms with E-state index in [4.69, 9.17) is 23.1 Å². The molecular weight excluding hydrogens is 136 g/mol. The van der Waals surface area contributed by atoms with Crippen LogP contribution < -0.4 is 11.5 Å². The van der Waals surface area contributed by atoms with Crippen LogP contribution in [0.3, 0.4) is 0 Å². The van der Waals surface area contributed by atoms with Gasteiger partial charge < -0.3 is 11.5 Å². The molecule has 1 fully saturated rings. The molecule has 4 N–H and O–H groups in total. The molecular formula is C6H13ClN2. The normalized spacial score (nSPS) is 28.3. The average Bonchev–Trinajstić information content (AvgIpc) is 1.78. The smallest absolute Gasteiger partial charge is 0.0637 e. The molecule has 0 saturated heterocycles. The Labute approximate surface area is 60.5 Å². The highest BCUT2D eigenvalue weighted by Crippen LogP contribution is 2.25. The molecule has 0 bridgehead atoms. The molecule has 0 heterocycles. The highest BCUT2D eigenvalue weighted by molar-refractivity contribution is 6.20. The van der Waals surface area contributed by atoms with E-state index in [2.05, 4.69) is 0 Å². The molecule has 9 heavy (non-hydrogen) atoms. The van der Waals surface area contributed by atoms with Gasteiger partial charge in [-0.25, -0.2) is 0 Å². The van der Waals surface area contributed by atoms with E-state index in [9.17, 15) is 0 Å². The van der Waals surface area contributed by atoms with Gasteiger partial charge in [-0.3, -0.25) is 0 Å². The quantitative estimate of drug-likeness (QED) is 0.394. The SMILES string of the molecule is NC1(N)CCC(Cl)CC1. The highest BCUT2D eigenvalue weighted by atomic mass is 35.5. The Morgan fingerprint density at radius 1 is 1.22 bits per heavy atom. The topological polar surface area (TPSA) is 52.0 Å². The minimum absolute atomic E-state index is 0.310. The van der Waals surface area contributed by atoms with Crippen molar-refractivity contribution in [2.45, 2.75) is 36.7 Å². The van der Waals surface area contributed by atoms with Crippen molar-refractivity contribution < 1.29 is 0 Å². The van der Waals surface area contributed by atoms with Crippen LogP contribution in [-0.4, -0.2) is 11.0 Å². The molecule has 0 radical (unpaired) electrons. The second-order valence-corrected chi connectivity index (χ2v) is 3.53. The first-order valence-corrected chi connectivity index (χ1v) is 3.76. The maximum Gasteiger partial charge on any atom is 0.0637 e. The van der Waals surface area contributed by atoms with Crippen LogP contribution in [0.5, 0.6) is 0 Å². The zero-order valence-electron chi connectivity index (χ0n) is 5.44. The summed E-state index contributed by atoms with van der Waals surface area (Å²) in [6, 6.07) is 0. The molecule has 0 aromatic carbocycles. The van der Waals surface area contributed by atoms with E-state index in [1.54, 1.807) is 0 Å². The van der Waals surface area contributed by atoms with Crippen molar-refractivity contribution in [1.82, 2.24) is 0 Å². The lowest BCUT2D eigenvalue weighted by Crippen LogP contribution is -2.51. The van der Waals surface area contributed by atoms with E-state index in [0.717, 1.165) is 25.7 Å². The zero-order chi connectivity index (χ0) is 6.91. The van der Waals surface area contributed by atoms with Gasteiger partial charge >= 0.3 is 0 Å². The Morgan fingerprint density at radius 2 is 1.67 bits per heavy atom. The highest BCUT2D eigenvalue weighted by Gasteiger charge is 2.26. The first-order valence-electron chi connectivity index (χ1n) is 3.32. The van der Waals surface area contributed by atoms with Gasteiger partial charge in [-0.05, 0) is 25.7 Å². The maximum atomic E-state index is 5.83. The second-order valence-electron chi connectivity index (χ2n) is 2.91. The Kier molecular flexibility index (Phi) is 1.99. The van der Waals surface area contributed by atoms with Gasteiger partial charge in [0.15, 0.2) is 0 Å². The Bertz CT molecular complexity index is 93.2. The summed E-state index contributed by atoms with van der Waals surface area (Å²) >= 11 is 5.83. The first-order chi connectivity index (χ1) is 4.10. The molecule has 0 atom stereocenters. The van der Waals surface area contributed by atoms with Gasteiger partial charge in [0.2, 0.25) is 0 Å². The van der Waals surface area contributed by atoms with Gasteiger partial charge in [0.05, 0.1) is 5.66 Å². The molecule has 0 aromatic rings. The van der Waals surface area contributed by atoms with E-state index < -0.39 is 5.66 Å². The number of nitrogens with two attached hydrogens (primary N) is 2. The Morgan fingerprint density at radius 3 is 2.00 bits per heavy atom.